The van der Waals surface area contributed by atoms with Crippen molar-refractivity contribution in [2.24, 2.45) is 0 Å². The summed E-state index contributed by atoms with van der Waals surface area (Å²) in [5.74, 6) is -1.18. The second-order valence-corrected chi connectivity index (χ2v) is 5.17. The van der Waals surface area contributed by atoms with Crippen LogP contribution in [0.2, 0.25) is 0 Å². The van der Waals surface area contributed by atoms with E-state index in [1.807, 2.05) is 0 Å². The van der Waals surface area contributed by atoms with Gasteiger partial charge >= 0.3 is 0 Å². The standard InChI is InChI=1S/C15H18FN3O4/c1-10(23-12-6-4-11(16)5-7-12)15(22)18-17-13(20)9-19-8-2-3-14(19)21/h4-7,10H,2-3,8-9H2,1H3,(H,17,20)(H,18,22)/t10-/m0/s1. The van der Waals surface area contributed by atoms with Crippen molar-refractivity contribution in [1.29, 1.82) is 0 Å². The molecule has 1 aliphatic rings. The maximum atomic E-state index is 12.8. The number of hydrogen-bond donors (Lipinski definition) is 2. The molecule has 0 aliphatic carbocycles. The molecule has 0 unspecified atom stereocenters. The number of ether oxygens (including phenoxy) is 1. The van der Waals surface area contributed by atoms with Gasteiger partial charge in [-0.1, -0.05) is 0 Å². The topological polar surface area (TPSA) is 87.7 Å². The zero-order chi connectivity index (χ0) is 16.8. The van der Waals surface area contributed by atoms with Crippen molar-refractivity contribution in [3.63, 3.8) is 0 Å². The minimum Gasteiger partial charge on any atom is -0.481 e. The number of amides is 3. The second kappa shape index (κ2) is 7.57. The largest absolute Gasteiger partial charge is 0.481 e. The first kappa shape index (κ1) is 16.7. The fourth-order valence-electron chi connectivity index (χ4n) is 2.09. The van der Waals surface area contributed by atoms with Gasteiger partial charge in [-0.05, 0) is 37.6 Å². The number of rotatable bonds is 5. The number of halogens is 1. The van der Waals surface area contributed by atoms with E-state index in [1.54, 1.807) is 0 Å². The van der Waals surface area contributed by atoms with E-state index in [-0.39, 0.29) is 12.5 Å². The molecule has 1 atom stereocenters. The molecule has 1 saturated heterocycles. The molecule has 0 saturated carbocycles. The van der Waals surface area contributed by atoms with Gasteiger partial charge in [-0.15, -0.1) is 0 Å². The van der Waals surface area contributed by atoms with Crippen LogP contribution in [0.4, 0.5) is 4.39 Å². The lowest BCUT2D eigenvalue weighted by Gasteiger charge is -2.17. The molecule has 0 spiro atoms. The molecule has 1 fully saturated rings. The Bertz CT molecular complexity index is 591. The number of likely N-dealkylation sites (tertiary alicyclic amines) is 1. The predicted molar refractivity (Wildman–Crippen MR) is 78.6 cm³/mol. The molecule has 23 heavy (non-hydrogen) atoms. The predicted octanol–water partition coefficient (Wildman–Crippen LogP) is 0.363. The van der Waals surface area contributed by atoms with Crippen molar-refractivity contribution in [3.05, 3.63) is 30.1 Å². The Labute approximate surface area is 132 Å². The normalized spacial score (nSPS) is 15.2. The van der Waals surface area contributed by atoms with Crippen LogP contribution in [0.25, 0.3) is 0 Å². The number of carbonyl (C=O) groups is 3. The molecule has 1 heterocycles. The first-order chi connectivity index (χ1) is 11.0. The van der Waals surface area contributed by atoms with E-state index in [0.717, 1.165) is 6.42 Å². The molecule has 1 aromatic rings. The second-order valence-electron chi connectivity index (χ2n) is 5.17. The number of carbonyl (C=O) groups excluding carboxylic acids is 3. The molecule has 2 N–H and O–H groups in total. The smallest absolute Gasteiger partial charge is 0.279 e. The molecule has 7 nitrogen and oxygen atoms in total. The average molecular weight is 323 g/mol. The number of hydrogen-bond acceptors (Lipinski definition) is 4. The highest BCUT2D eigenvalue weighted by molar-refractivity contribution is 5.88. The molecule has 1 aromatic carbocycles. The van der Waals surface area contributed by atoms with E-state index in [1.165, 1.54) is 36.1 Å². The summed E-state index contributed by atoms with van der Waals surface area (Å²) in [4.78, 5) is 36.3. The van der Waals surface area contributed by atoms with E-state index in [4.69, 9.17) is 4.74 Å². The van der Waals surface area contributed by atoms with Crippen LogP contribution in [0, 0.1) is 5.82 Å². The molecule has 0 radical (unpaired) electrons. The molecule has 124 valence electrons. The van der Waals surface area contributed by atoms with Crippen LogP contribution in [-0.4, -0.2) is 41.8 Å². The summed E-state index contributed by atoms with van der Waals surface area (Å²) in [6.45, 7) is 1.95. The minimum atomic E-state index is -0.880. The molecule has 1 aliphatic heterocycles. The summed E-state index contributed by atoms with van der Waals surface area (Å²) < 4.78 is 18.1. The number of hydrazine groups is 1. The number of nitrogens with one attached hydrogen (secondary N) is 2. The highest BCUT2D eigenvalue weighted by Crippen LogP contribution is 2.13. The van der Waals surface area contributed by atoms with E-state index in [0.29, 0.717) is 18.7 Å². The van der Waals surface area contributed by atoms with Crippen LogP contribution < -0.4 is 15.6 Å². The van der Waals surface area contributed by atoms with Gasteiger partial charge in [-0.25, -0.2) is 4.39 Å². The quantitative estimate of drug-likeness (QED) is 0.766. The van der Waals surface area contributed by atoms with Crippen molar-refractivity contribution in [2.75, 3.05) is 13.1 Å². The fraction of sp³-hybridized carbons (Fsp3) is 0.400. The third kappa shape index (κ3) is 4.94. The lowest BCUT2D eigenvalue weighted by Crippen LogP contribution is -2.50. The Kier molecular flexibility index (Phi) is 5.51. The van der Waals surface area contributed by atoms with Crippen LogP contribution in [-0.2, 0) is 14.4 Å². The third-order valence-electron chi connectivity index (χ3n) is 3.33. The van der Waals surface area contributed by atoms with Gasteiger partial charge in [0.1, 0.15) is 18.1 Å². The van der Waals surface area contributed by atoms with Gasteiger partial charge in [-0.3, -0.25) is 25.2 Å². The van der Waals surface area contributed by atoms with Gasteiger partial charge in [-0.2, -0.15) is 0 Å². The first-order valence-corrected chi connectivity index (χ1v) is 7.24. The third-order valence-corrected chi connectivity index (χ3v) is 3.33. The van der Waals surface area contributed by atoms with Gasteiger partial charge in [0, 0.05) is 13.0 Å². The van der Waals surface area contributed by atoms with Crippen molar-refractivity contribution in [3.8, 4) is 5.75 Å². The summed E-state index contributed by atoms with van der Waals surface area (Å²) in [6, 6.07) is 5.23. The van der Waals surface area contributed by atoms with Crippen LogP contribution in [0.5, 0.6) is 5.75 Å². The van der Waals surface area contributed by atoms with Crippen molar-refractivity contribution in [1.82, 2.24) is 15.8 Å². The highest BCUT2D eigenvalue weighted by Gasteiger charge is 2.23. The van der Waals surface area contributed by atoms with Crippen LogP contribution in [0.15, 0.2) is 24.3 Å². The van der Waals surface area contributed by atoms with Gasteiger partial charge in [0.25, 0.3) is 11.8 Å². The Morgan fingerprint density at radius 3 is 2.61 bits per heavy atom. The van der Waals surface area contributed by atoms with Crippen LogP contribution >= 0.6 is 0 Å². The molecule has 3 amide bonds. The van der Waals surface area contributed by atoms with E-state index in [9.17, 15) is 18.8 Å². The lowest BCUT2D eigenvalue weighted by molar-refractivity contribution is -0.135. The zero-order valence-electron chi connectivity index (χ0n) is 12.7. The van der Waals surface area contributed by atoms with Gasteiger partial charge in [0.2, 0.25) is 5.91 Å². The average Bonchev–Trinajstić information content (AvgIpc) is 2.92. The molecular formula is C15H18FN3O4. The molecule has 2 rings (SSSR count). The Hall–Kier alpha value is -2.64. The summed E-state index contributed by atoms with van der Waals surface area (Å²) in [5.41, 5.74) is 4.46. The maximum Gasteiger partial charge on any atom is 0.279 e. The first-order valence-electron chi connectivity index (χ1n) is 7.24. The Morgan fingerprint density at radius 2 is 2.00 bits per heavy atom. The van der Waals surface area contributed by atoms with Crippen molar-refractivity contribution < 1.29 is 23.5 Å². The van der Waals surface area contributed by atoms with E-state index in [2.05, 4.69) is 10.9 Å². The van der Waals surface area contributed by atoms with E-state index < -0.39 is 23.7 Å². The summed E-state index contributed by atoms with van der Waals surface area (Å²) >= 11 is 0. The van der Waals surface area contributed by atoms with Crippen LogP contribution in [0.1, 0.15) is 19.8 Å². The Balaban J connectivity index is 1.73. The zero-order valence-corrected chi connectivity index (χ0v) is 12.7. The van der Waals surface area contributed by atoms with Gasteiger partial charge in [0.15, 0.2) is 6.10 Å². The van der Waals surface area contributed by atoms with Gasteiger partial charge in [0.05, 0.1) is 0 Å². The Morgan fingerprint density at radius 1 is 1.30 bits per heavy atom. The van der Waals surface area contributed by atoms with Crippen molar-refractivity contribution in [2.45, 2.75) is 25.9 Å². The number of benzene rings is 1. The van der Waals surface area contributed by atoms with Gasteiger partial charge < -0.3 is 9.64 Å². The summed E-state index contributed by atoms with van der Waals surface area (Å²) in [6.07, 6.45) is 0.303. The SMILES string of the molecule is C[C@H](Oc1ccc(F)cc1)C(=O)NNC(=O)CN1CCCC1=O. The molecular weight excluding hydrogens is 305 g/mol. The van der Waals surface area contributed by atoms with E-state index >= 15 is 0 Å². The van der Waals surface area contributed by atoms with Crippen molar-refractivity contribution >= 4 is 17.7 Å². The maximum absolute atomic E-state index is 12.8. The monoisotopic (exact) mass is 323 g/mol. The lowest BCUT2D eigenvalue weighted by atomic mass is 10.3. The minimum absolute atomic E-state index is 0.0699. The van der Waals surface area contributed by atoms with Crippen LogP contribution in [0.3, 0.4) is 0 Å². The highest BCUT2D eigenvalue weighted by atomic mass is 19.1. The fourth-order valence-corrected chi connectivity index (χ4v) is 2.09. The summed E-state index contributed by atoms with van der Waals surface area (Å²) in [5, 5.41) is 0. The molecule has 0 bridgehead atoms. The number of nitrogens with zero attached hydrogens (tertiary/aromatic N) is 1. The molecule has 8 heteroatoms. The molecule has 0 aromatic heterocycles. The summed E-state index contributed by atoms with van der Waals surface area (Å²) in [7, 11) is 0.